The Morgan fingerprint density at radius 1 is 0.778 bits per heavy atom. The normalized spacial score (nSPS) is 11.8. The molecule has 1 N–H and O–H groups in total. The van der Waals surface area contributed by atoms with E-state index >= 15 is 0 Å². The first-order chi connectivity index (χ1) is 17.2. The molecule has 1 atom stereocenters. The highest BCUT2D eigenvalue weighted by atomic mass is 16.6. The van der Waals surface area contributed by atoms with Crippen LogP contribution in [0.4, 0.5) is 4.79 Å². The van der Waals surface area contributed by atoms with E-state index < -0.39 is 23.7 Å². The van der Waals surface area contributed by atoms with Crippen LogP contribution in [0.2, 0.25) is 0 Å². The zero-order chi connectivity index (χ0) is 26.0. The van der Waals surface area contributed by atoms with Gasteiger partial charge in [0.25, 0.3) is 0 Å². The summed E-state index contributed by atoms with van der Waals surface area (Å²) in [5.41, 5.74) is 2.02. The molecule has 0 fully saturated rings. The van der Waals surface area contributed by atoms with Crippen LogP contribution < -0.4 is 14.8 Å². The molecule has 0 bridgehead atoms. The van der Waals surface area contributed by atoms with Crippen LogP contribution in [0.1, 0.15) is 37.5 Å². The largest absolute Gasteiger partial charge is 0.497 e. The van der Waals surface area contributed by atoms with Crippen LogP contribution in [0.15, 0.2) is 78.9 Å². The summed E-state index contributed by atoms with van der Waals surface area (Å²) in [6, 6.07) is 23.6. The Hall–Kier alpha value is -4.00. The van der Waals surface area contributed by atoms with Crippen molar-refractivity contribution in [1.82, 2.24) is 5.32 Å². The van der Waals surface area contributed by atoms with Gasteiger partial charge in [0.1, 0.15) is 36.4 Å². The lowest BCUT2D eigenvalue weighted by molar-refractivity contribution is -0.147. The molecule has 0 unspecified atom stereocenters. The summed E-state index contributed by atoms with van der Waals surface area (Å²) in [7, 11) is 1.59. The molecule has 3 aromatic carbocycles. The summed E-state index contributed by atoms with van der Waals surface area (Å²) in [6.07, 6.45) is -0.448. The number of nitrogens with one attached hydrogen (secondary N) is 1. The fourth-order valence-corrected chi connectivity index (χ4v) is 3.32. The highest BCUT2D eigenvalue weighted by Crippen LogP contribution is 2.17. The van der Waals surface area contributed by atoms with E-state index in [1.165, 1.54) is 0 Å². The minimum absolute atomic E-state index is 0.0710. The van der Waals surface area contributed by atoms with Crippen molar-refractivity contribution < 1.29 is 28.5 Å². The third-order valence-electron chi connectivity index (χ3n) is 5.13. The Morgan fingerprint density at radius 3 is 1.97 bits per heavy atom. The van der Waals surface area contributed by atoms with Crippen LogP contribution in [0.5, 0.6) is 11.5 Å². The SMILES string of the molecule is COc1ccc(COC(=O)[C@H](Cc2ccc(OCc3ccccc3)cc2)NC(=O)OC(C)(C)C)cc1. The summed E-state index contributed by atoms with van der Waals surface area (Å²) in [4.78, 5) is 25.3. The summed E-state index contributed by atoms with van der Waals surface area (Å²) in [6.45, 7) is 5.82. The second kappa shape index (κ2) is 12.6. The molecule has 3 aromatic rings. The van der Waals surface area contributed by atoms with E-state index in [1.807, 2.05) is 66.7 Å². The number of ether oxygens (including phenoxy) is 4. The zero-order valence-electron chi connectivity index (χ0n) is 21.2. The fourth-order valence-electron chi connectivity index (χ4n) is 3.32. The quantitative estimate of drug-likeness (QED) is 0.380. The molecule has 0 aliphatic carbocycles. The van der Waals surface area contributed by atoms with Gasteiger partial charge in [-0.05, 0) is 61.7 Å². The van der Waals surface area contributed by atoms with E-state index in [2.05, 4.69) is 5.32 Å². The molecular formula is C29H33NO6. The Labute approximate surface area is 212 Å². The number of alkyl carbamates (subject to hydrolysis) is 1. The number of carbonyl (C=O) groups is 2. The molecule has 0 radical (unpaired) electrons. The maximum atomic E-state index is 12.9. The Balaban J connectivity index is 1.63. The van der Waals surface area contributed by atoms with E-state index in [0.29, 0.717) is 18.1 Å². The molecule has 0 aliphatic heterocycles. The monoisotopic (exact) mass is 491 g/mol. The topological polar surface area (TPSA) is 83.1 Å². The van der Waals surface area contributed by atoms with E-state index in [9.17, 15) is 9.59 Å². The van der Waals surface area contributed by atoms with Crippen molar-refractivity contribution in [1.29, 1.82) is 0 Å². The first-order valence-corrected chi connectivity index (χ1v) is 11.8. The zero-order valence-corrected chi connectivity index (χ0v) is 21.2. The van der Waals surface area contributed by atoms with Crippen LogP contribution in [-0.4, -0.2) is 30.8 Å². The summed E-state index contributed by atoms with van der Waals surface area (Å²) in [5, 5.41) is 2.65. The lowest BCUT2D eigenvalue weighted by Crippen LogP contribution is -2.45. The molecule has 36 heavy (non-hydrogen) atoms. The molecular weight excluding hydrogens is 458 g/mol. The smallest absolute Gasteiger partial charge is 0.408 e. The first-order valence-electron chi connectivity index (χ1n) is 11.8. The highest BCUT2D eigenvalue weighted by molar-refractivity contribution is 5.81. The number of esters is 1. The van der Waals surface area contributed by atoms with Crippen molar-refractivity contribution in [2.24, 2.45) is 0 Å². The molecule has 0 heterocycles. The molecule has 0 saturated heterocycles. The standard InChI is InChI=1S/C29H33NO6/c1-29(2,3)36-28(32)30-26(27(31)35-20-23-12-14-24(33-4)15-13-23)18-21-10-16-25(17-11-21)34-19-22-8-6-5-7-9-22/h5-17,26H,18-20H2,1-4H3,(H,30,32)/t26-/m0/s1. The number of rotatable bonds is 10. The predicted molar refractivity (Wildman–Crippen MR) is 137 cm³/mol. The number of amides is 1. The molecule has 0 spiro atoms. The molecule has 7 heteroatoms. The lowest BCUT2D eigenvalue weighted by atomic mass is 10.1. The average Bonchev–Trinajstić information content (AvgIpc) is 2.86. The van der Waals surface area contributed by atoms with Crippen molar-refractivity contribution in [2.75, 3.05) is 7.11 Å². The van der Waals surface area contributed by atoms with Gasteiger partial charge in [-0.15, -0.1) is 0 Å². The second-order valence-corrected chi connectivity index (χ2v) is 9.28. The van der Waals surface area contributed by atoms with E-state index in [-0.39, 0.29) is 13.0 Å². The van der Waals surface area contributed by atoms with Crippen LogP contribution in [0.25, 0.3) is 0 Å². The molecule has 7 nitrogen and oxygen atoms in total. The third-order valence-corrected chi connectivity index (χ3v) is 5.13. The van der Waals surface area contributed by atoms with Crippen LogP contribution >= 0.6 is 0 Å². The molecule has 1 amide bonds. The second-order valence-electron chi connectivity index (χ2n) is 9.28. The molecule has 0 aliphatic rings. The number of benzene rings is 3. The van der Waals surface area contributed by atoms with Crippen molar-refractivity contribution in [3.8, 4) is 11.5 Å². The molecule has 3 rings (SSSR count). The van der Waals surface area contributed by atoms with Gasteiger partial charge in [0.15, 0.2) is 0 Å². The highest BCUT2D eigenvalue weighted by Gasteiger charge is 2.26. The van der Waals surface area contributed by atoms with Gasteiger partial charge in [-0.3, -0.25) is 0 Å². The third kappa shape index (κ3) is 8.98. The number of hydrogen-bond acceptors (Lipinski definition) is 6. The Kier molecular flexibility index (Phi) is 9.33. The van der Waals surface area contributed by atoms with Gasteiger partial charge >= 0.3 is 12.1 Å². The van der Waals surface area contributed by atoms with Crippen molar-refractivity contribution >= 4 is 12.1 Å². The van der Waals surface area contributed by atoms with Gasteiger partial charge in [-0.25, -0.2) is 9.59 Å². The summed E-state index contributed by atoms with van der Waals surface area (Å²) >= 11 is 0. The maximum Gasteiger partial charge on any atom is 0.408 e. The van der Waals surface area contributed by atoms with E-state index in [4.69, 9.17) is 18.9 Å². The Morgan fingerprint density at radius 2 is 1.36 bits per heavy atom. The predicted octanol–water partition coefficient (Wildman–Crippen LogP) is 5.45. The molecule has 190 valence electrons. The minimum Gasteiger partial charge on any atom is -0.497 e. The van der Waals surface area contributed by atoms with Gasteiger partial charge in [0.05, 0.1) is 7.11 Å². The van der Waals surface area contributed by atoms with Gasteiger partial charge in [0.2, 0.25) is 0 Å². The van der Waals surface area contributed by atoms with Crippen molar-refractivity contribution in [2.45, 2.75) is 52.0 Å². The van der Waals surface area contributed by atoms with Gasteiger partial charge in [-0.2, -0.15) is 0 Å². The molecule has 0 saturated carbocycles. The maximum absolute atomic E-state index is 12.9. The molecule has 0 aromatic heterocycles. The Bertz CT molecular complexity index is 1110. The first kappa shape index (κ1) is 26.6. The van der Waals surface area contributed by atoms with Crippen molar-refractivity contribution in [3.05, 3.63) is 95.6 Å². The van der Waals surface area contributed by atoms with E-state index in [0.717, 1.165) is 16.7 Å². The van der Waals surface area contributed by atoms with Gasteiger partial charge in [-0.1, -0.05) is 54.6 Å². The fraction of sp³-hybridized carbons (Fsp3) is 0.310. The van der Waals surface area contributed by atoms with Crippen LogP contribution in [0.3, 0.4) is 0 Å². The number of hydrogen-bond donors (Lipinski definition) is 1. The lowest BCUT2D eigenvalue weighted by Gasteiger charge is -2.23. The number of carbonyl (C=O) groups excluding carboxylic acids is 2. The average molecular weight is 492 g/mol. The van der Waals surface area contributed by atoms with Crippen LogP contribution in [-0.2, 0) is 33.9 Å². The van der Waals surface area contributed by atoms with Gasteiger partial charge < -0.3 is 24.3 Å². The number of methoxy groups -OCH3 is 1. The van der Waals surface area contributed by atoms with Crippen LogP contribution in [0, 0.1) is 0 Å². The summed E-state index contributed by atoms with van der Waals surface area (Å²) in [5.74, 6) is 0.869. The van der Waals surface area contributed by atoms with Crippen molar-refractivity contribution in [3.63, 3.8) is 0 Å². The summed E-state index contributed by atoms with van der Waals surface area (Å²) < 4.78 is 21.8. The van der Waals surface area contributed by atoms with Gasteiger partial charge in [0, 0.05) is 6.42 Å². The van der Waals surface area contributed by atoms with E-state index in [1.54, 1.807) is 40.0 Å². The minimum atomic E-state index is -0.922.